The largest absolute Gasteiger partial charge is 0.371 e. The van der Waals surface area contributed by atoms with Gasteiger partial charge in [-0.25, -0.2) is 0 Å². The summed E-state index contributed by atoms with van der Waals surface area (Å²) in [5.74, 6) is 0. The Hall–Kier alpha value is -0.380. The molecule has 2 N–H and O–H groups in total. The molecule has 13 heavy (non-hydrogen) atoms. The SMILES string of the molecule is CCCOC(CN)c1sccc1C. The lowest BCUT2D eigenvalue weighted by Crippen LogP contribution is -2.15. The highest BCUT2D eigenvalue weighted by atomic mass is 32.1. The number of rotatable bonds is 5. The standard InChI is InChI=1S/C10H17NOS/c1-3-5-12-9(7-11)10-8(2)4-6-13-10/h4,6,9H,3,5,7,11H2,1-2H3. The molecule has 1 unspecified atom stereocenters. The van der Waals surface area contributed by atoms with E-state index < -0.39 is 0 Å². The lowest BCUT2D eigenvalue weighted by atomic mass is 10.2. The molecule has 0 saturated carbocycles. The Kier molecular flexibility index (Phi) is 4.42. The second kappa shape index (κ2) is 5.37. The highest BCUT2D eigenvalue weighted by Gasteiger charge is 2.13. The van der Waals surface area contributed by atoms with Gasteiger partial charge in [-0.2, -0.15) is 0 Å². The van der Waals surface area contributed by atoms with Gasteiger partial charge in [-0.1, -0.05) is 6.92 Å². The highest BCUT2D eigenvalue weighted by Crippen LogP contribution is 2.25. The van der Waals surface area contributed by atoms with Crippen molar-refractivity contribution in [3.8, 4) is 0 Å². The molecule has 1 aromatic heterocycles. The molecule has 1 atom stereocenters. The summed E-state index contributed by atoms with van der Waals surface area (Å²) in [5.41, 5.74) is 6.94. The topological polar surface area (TPSA) is 35.2 Å². The molecule has 0 amide bonds. The molecule has 3 heteroatoms. The zero-order valence-corrected chi connectivity index (χ0v) is 9.06. The molecule has 0 aliphatic carbocycles. The van der Waals surface area contributed by atoms with E-state index in [4.69, 9.17) is 10.5 Å². The molecule has 1 heterocycles. The van der Waals surface area contributed by atoms with Gasteiger partial charge in [0.15, 0.2) is 0 Å². The summed E-state index contributed by atoms with van der Waals surface area (Å²) >= 11 is 1.73. The lowest BCUT2D eigenvalue weighted by Gasteiger charge is -2.14. The maximum Gasteiger partial charge on any atom is 0.104 e. The van der Waals surface area contributed by atoms with Crippen molar-refractivity contribution in [1.82, 2.24) is 0 Å². The van der Waals surface area contributed by atoms with Crippen LogP contribution in [0.3, 0.4) is 0 Å². The summed E-state index contributed by atoms with van der Waals surface area (Å²) in [6, 6.07) is 2.11. The van der Waals surface area contributed by atoms with E-state index in [9.17, 15) is 0 Å². The third-order valence-corrected chi connectivity index (χ3v) is 3.04. The van der Waals surface area contributed by atoms with E-state index in [0.29, 0.717) is 6.54 Å². The monoisotopic (exact) mass is 199 g/mol. The Bertz CT molecular complexity index is 247. The van der Waals surface area contributed by atoms with E-state index in [1.54, 1.807) is 11.3 Å². The van der Waals surface area contributed by atoms with Crippen molar-refractivity contribution in [3.63, 3.8) is 0 Å². The zero-order chi connectivity index (χ0) is 9.68. The molecule has 0 aliphatic heterocycles. The average Bonchev–Trinajstić information content (AvgIpc) is 2.54. The van der Waals surface area contributed by atoms with Gasteiger partial charge < -0.3 is 10.5 Å². The number of thiophene rings is 1. The summed E-state index contributed by atoms with van der Waals surface area (Å²) in [7, 11) is 0. The molecule has 74 valence electrons. The van der Waals surface area contributed by atoms with Crippen molar-refractivity contribution >= 4 is 11.3 Å². The Labute approximate surface area is 83.7 Å². The van der Waals surface area contributed by atoms with Gasteiger partial charge in [-0.05, 0) is 30.4 Å². The fourth-order valence-corrected chi connectivity index (χ4v) is 2.21. The first-order valence-corrected chi connectivity index (χ1v) is 5.53. The predicted octanol–water partition coefficient (Wildman–Crippen LogP) is 2.48. The number of nitrogens with two attached hydrogens (primary N) is 1. The van der Waals surface area contributed by atoms with Gasteiger partial charge >= 0.3 is 0 Å². The Morgan fingerprint density at radius 3 is 2.85 bits per heavy atom. The second-order valence-corrected chi connectivity index (χ2v) is 4.01. The molecule has 0 radical (unpaired) electrons. The van der Waals surface area contributed by atoms with E-state index in [-0.39, 0.29) is 6.10 Å². The quantitative estimate of drug-likeness (QED) is 0.790. The molecule has 0 aromatic carbocycles. The second-order valence-electron chi connectivity index (χ2n) is 3.06. The summed E-state index contributed by atoms with van der Waals surface area (Å²) in [6.45, 7) is 5.57. The van der Waals surface area contributed by atoms with Crippen molar-refractivity contribution in [1.29, 1.82) is 0 Å². The van der Waals surface area contributed by atoms with Crippen LogP contribution < -0.4 is 5.73 Å². The van der Waals surface area contributed by atoms with Gasteiger partial charge in [-0.15, -0.1) is 11.3 Å². The minimum atomic E-state index is 0.0972. The molecule has 0 aliphatic rings. The first-order valence-electron chi connectivity index (χ1n) is 4.65. The Balaban J connectivity index is 2.61. The molecule has 2 nitrogen and oxygen atoms in total. The maximum atomic E-state index is 5.66. The molecule has 0 saturated heterocycles. The van der Waals surface area contributed by atoms with Gasteiger partial charge in [0.05, 0.1) is 0 Å². The summed E-state index contributed by atoms with van der Waals surface area (Å²) in [6.07, 6.45) is 1.14. The Morgan fingerprint density at radius 1 is 1.62 bits per heavy atom. The van der Waals surface area contributed by atoms with Gasteiger partial charge in [-0.3, -0.25) is 0 Å². The van der Waals surface area contributed by atoms with Crippen LogP contribution in [-0.2, 0) is 4.74 Å². The smallest absolute Gasteiger partial charge is 0.104 e. The minimum Gasteiger partial charge on any atom is -0.371 e. The predicted molar refractivity (Wildman–Crippen MR) is 57.1 cm³/mol. The molecule has 0 bridgehead atoms. The first kappa shape index (κ1) is 10.7. The van der Waals surface area contributed by atoms with Crippen LogP contribution in [0.5, 0.6) is 0 Å². The fourth-order valence-electron chi connectivity index (χ4n) is 1.23. The normalized spacial score (nSPS) is 13.2. The Morgan fingerprint density at radius 2 is 2.38 bits per heavy atom. The van der Waals surface area contributed by atoms with E-state index in [1.165, 1.54) is 10.4 Å². The van der Waals surface area contributed by atoms with Crippen LogP contribution in [0.4, 0.5) is 0 Å². The van der Waals surface area contributed by atoms with Crippen molar-refractivity contribution in [2.75, 3.05) is 13.2 Å². The number of ether oxygens (including phenoxy) is 1. The van der Waals surface area contributed by atoms with E-state index in [2.05, 4.69) is 25.3 Å². The molecule has 1 aromatic rings. The van der Waals surface area contributed by atoms with E-state index in [1.807, 2.05) is 0 Å². The minimum absolute atomic E-state index is 0.0972. The highest BCUT2D eigenvalue weighted by molar-refractivity contribution is 7.10. The summed E-state index contributed by atoms with van der Waals surface area (Å²) in [5, 5.41) is 2.09. The third kappa shape index (κ3) is 2.79. The van der Waals surface area contributed by atoms with Crippen LogP contribution in [0.25, 0.3) is 0 Å². The van der Waals surface area contributed by atoms with Crippen LogP contribution in [0, 0.1) is 6.92 Å². The van der Waals surface area contributed by atoms with Gasteiger partial charge in [0.2, 0.25) is 0 Å². The fraction of sp³-hybridized carbons (Fsp3) is 0.600. The van der Waals surface area contributed by atoms with Crippen molar-refractivity contribution in [3.05, 3.63) is 21.9 Å². The lowest BCUT2D eigenvalue weighted by molar-refractivity contribution is 0.0611. The van der Waals surface area contributed by atoms with E-state index in [0.717, 1.165) is 13.0 Å². The number of hydrogen-bond acceptors (Lipinski definition) is 3. The van der Waals surface area contributed by atoms with Gasteiger partial charge in [0, 0.05) is 18.0 Å². The van der Waals surface area contributed by atoms with E-state index >= 15 is 0 Å². The average molecular weight is 199 g/mol. The summed E-state index contributed by atoms with van der Waals surface area (Å²) < 4.78 is 5.65. The van der Waals surface area contributed by atoms with Crippen molar-refractivity contribution < 1.29 is 4.74 Å². The van der Waals surface area contributed by atoms with Crippen molar-refractivity contribution in [2.45, 2.75) is 26.4 Å². The molecule has 0 spiro atoms. The maximum absolute atomic E-state index is 5.66. The van der Waals surface area contributed by atoms with Crippen LogP contribution >= 0.6 is 11.3 Å². The molecule has 1 rings (SSSR count). The first-order chi connectivity index (χ1) is 6.29. The molecular weight excluding hydrogens is 182 g/mol. The molecule has 0 fully saturated rings. The van der Waals surface area contributed by atoms with Crippen LogP contribution in [-0.4, -0.2) is 13.2 Å². The number of hydrogen-bond donors (Lipinski definition) is 1. The third-order valence-electron chi connectivity index (χ3n) is 1.93. The zero-order valence-electron chi connectivity index (χ0n) is 8.25. The van der Waals surface area contributed by atoms with Crippen molar-refractivity contribution in [2.24, 2.45) is 5.73 Å². The van der Waals surface area contributed by atoms with Crippen LogP contribution in [0.2, 0.25) is 0 Å². The number of aryl methyl sites for hydroxylation is 1. The summed E-state index contributed by atoms with van der Waals surface area (Å²) in [4.78, 5) is 1.27. The van der Waals surface area contributed by atoms with Gasteiger partial charge in [0.1, 0.15) is 6.10 Å². The van der Waals surface area contributed by atoms with Crippen LogP contribution in [0.1, 0.15) is 29.9 Å². The van der Waals surface area contributed by atoms with Crippen LogP contribution in [0.15, 0.2) is 11.4 Å². The molecular formula is C10H17NOS. The van der Waals surface area contributed by atoms with Gasteiger partial charge in [0.25, 0.3) is 0 Å².